The molecule has 1 saturated carbocycles. The molecule has 2 aromatic rings. The van der Waals surface area contributed by atoms with Crippen LogP contribution in [0.2, 0.25) is 0 Å². The second-order valence-electron chi connectivity index (χ2n) is 8.49. The highest BCUT2D eigenvalue weighted by atomic mass is 16.2. The molecule has 1 aliphatic carbocycles. The van der Waals surface area contributed by atoms with Crippen LogP contribution in [0.25, 0.3) is 0 Å². The predicted octanol–water partition coefficient (Wildman–Crippen LogP) is 4.48. The number of benzene rings is 2. The van der Waals surface area contributed by atoms with Crippen molar-refractivity contribution in [3.63, 3.8) is 0 Å². The fourth-order valence-electron chi connectivity index (χ4n) is 4.73. The van der Waals surface area contributed by atoms with Crippen LogP contribution in [0.15, 0.2) is 42.5 Å². The number of amides is 3. The molecule has 0 bridgehead atoms. The van der Waals surface area contributed by atoms with Gasteiger partial charge in [-0.3, -0.25) is 14.4 Å². The van der Waals surface area contributed by atoms with E-state index >= 15 is 0 Å². The standard InChI is InChI=1S/C24H26N2O3/c1-14-8-9-18-20(13-14)24(29)26(23(18)28)21-7-5-4-6-19(21)22(27)25-17-11-15(2)10-16(3)12-17/h4-7,10-12,14,18,20H,8-9,13H2,1-3H3,(H,25,27)/t14-,18-,20+/m0/s1. The van der Waals surface area contributed by atoms with Crippen molar-refractivity contribution in [2.75, 3.05) is 10.2 Å². The summed E-state index contributed by atoms with van der Waals surface area (Å²) < 4.78 is 0. The maximum atomic E-state index is 13.1. The highest BCUT2D eigenvalue weighted by Crippen LogP contribution is 2.42. The minimum atomic E-state index is -0.325. The maximum absolute atomic E-state index is 13.1. The normalized spacial score (nSPS) is 23.8. The van der Waals surface area contributed by atoms with Gasteiger partial charge in [0.05, 0.1) is 23.1 Å². The Morgan fingerprint density at radius 1 is 0.966 bits per heavy atom. The van der Waals surface area contributed by atoms with Crippen molar-refractivity contribution in [1.29, 1.82) is 0 Å². The Hall–Kier alpha value is -2.95. The fourth-order valence-corrected chi connectivity index (χ4v) is 4.73. The van der Waals surface area contributed by atoms with Crippen LogP contribution in [-0.4, -0.2) is 17.7 Å². The van der Waals surface area contributed by atoms with Crippen molar-refractivity contribution in [2.45, 2.75) is 40.0 Å². The summed E-state index contributed by atoms with van der Waals surface area (Å²) in [5, 5.41) is 2.92. The second kappa shape index (κ2) is 7.47. The summed E-state index contributed by atoms with van der Waals surface area (Å²) in [6.07, 6.45) is 2.44. The number of carbonyl (C=O) groups excluding carboxylic acids is 3. The van der Waals surface area contributed by atoms with E-state index in [-0.39, 0.29) is 29.6 Å². The zero-order chi connectivity index (χ0) is 20.7. The molecular weight excluding hydrogens is 364 g/mol. The van der Waals surface area contributed by atoms with Crippen molar-refractivity contribution >= 4 is 29.1 Å². The number of carbonyl (C=O) groups is 3. The lowest BCUT2D eigenvalue weighted by atomic mass is 9.76. The van der Waals surface area contributed by atoms with Crippen LogP contribution in [0.3, 0.4) is 0 Å². The van der Waals surface area contributed by atoms with E-state index in [0.717, 1.165) is 30.4 Å². The Balaban J connectivity index is 1.65. The van der Waals surface area contributed by atoms with E-state index in [0.29, 0.717) is 22.9 Å². The lowest BCUT2D eigenvalue weighted by Crippen LogP contribution is -2.33. The van der Waals surface area contributed by atoms with Crippen LogP contribution in [-0.2, 0) is 9.59 Å². The number of nitrogens with zero attached hydrogens (tertiary/aromatic N) is 1. The third-order valence-corrected chi connectivity index (χ3v) is 6.06. The van der Waals surface area contributed by atoms with Gasteiger partial charge in [-0.05, 0) is 74.4 Å². The maximum Gasteiger partial charge on any atom is 0.257 e. The highest BCUT2D eigenvalue weighted by Gasteiger charge is 2.50. The Bertz CT molecular complexity index is 977. The van der Waals surface area contributed by atoms with E-state index in [4.69, 9.17) is 0 Å². The summed E-state index contributed by atoms with van der Waals surface area (Å²) >= 11 is 0. The van der Waals surface area contributed by atoms with Gasteiger partial charge in [-0.2, -0.15) is 0 Å². The molecule has 150 valence electrons. The molecule has 2 aromatic carbocycles. The zero-order valence-electron chi connectivity index (χ0n) is 17.1. The van der Waals surface area contributed by atoms with Gasteiger partial charge in [0.1, 0.15) is 0 Å². The Morgan fingerprint density at radius 3 is 2.34 bits per heavy atom. The predicted molar refractivity (Wildman–Crippen MR) is 113 cm³/mol. The van der Waals surface area contributed by atoms with Crippen molar-refractivity contribution in [2.24, 2.45) is 17.8 Å². The quantitative estimate of drug-likeness (QED) is 0.786. The molecule has 3 amide bonds. The zero-order valence-corrected chi connectivity index (χ0v) is 17.1. The third kappa shape index (κ3) is 3.57. The van der Waals surface area contributed by atoms with Gasteiger partial charge < -0.3 is 5.32 Å². The molecule has 1 N–H and O–H groups in total. The number of fused-ring (bicyclic) bond motifs is 1. The Kier molecular flexibility index (Phi) is 4.99. The third-order valence-electron chi connectivity index (χ3n) is 6.06. The largest absolute Gasteiger partial charge is 0.322 e. The van der Waals surface area contributed by atoms with Crippen LogP contribution >= 0.6 is 0 Å². The van der Waals surface area contributed by atoms with Gasteiger partial charge in [-0.1, -0.05) is 25.1 Å². The molecule has 5 heteroatoms. The molecule has 0 unspecified atom stereocenters. The number of imide groups is 1. The molecule has 2 fully saturated rings. The lowest BCUT2D eigenvalue weighted by Gasteiger charge is -2.25. The molecule has 0 radical (unpaired) electrons. The molecule has 4 rings (SSSR count). The minimum Gasteiger partial charge on any atom is -0.322 e. The summed E-state index contributed by atoms with van der Waals surface area (Å²) in [5.41, 5.74) is 3.52. The number of nitrogens with one attached hydrogen (secondary N) is 1. The van der Waals surface area contributed by atoms with E-state index in [1.54, 1.807) is 24.3 Å². The van der Waals surface area contributed by atoms with Crippen molar-refractivity contribution < 1.29 is 14.4 Å². The molecule has 0 spiro atoms. The molecular formula is C24H26N2O3. The first-order valence-corrected chi connectivity index (χ1v) is 10.2. The van der Waals surface area contributed by atoms with Crippen molar-refractivity contribution in [3.8, 4) is 0 Å². The van der Waals surface area contributed by atoms with E-state index in [1.165, 1.54) is 4.90 Å². The summed E-state index contributed by atoms with van der Waals surface area (Å²) in [6.45, 7) is 6.07. The molecule has 29 heavy (non-hydrogen) atoms. The van der Waals surface area contributed by atoms with Gasteiger partial charge in [0, 0.05) is 5.69 Å². The van der Waals surface area contributed by atoms with Crippen LogP contribution in [0.5, 0.6) is 0 Å². The lowest BCUT2D eigenvalue weighted by molar-refractivity contribution is -0.122. The molecule has 5 nitrogen and oxygen atoms in total. The Labute approximate surface area is 171 Å². The first kappa shape index (κ1) is 19.4. The SMILES string of the molecule is Cc1cc(C)cc(NC(=O)c2ccccc2N2C(=O)[C@H]3CC[C@H](C)C[C@H]3C2=O)c1. The first-order chi connectivity index (χ1) is 13.8. The van der Waals surface area contributed by atoms with Crippen molar-refractivity contribution in [3.05, 3.63) is 59.2 Å². The molecule has 3 atom stereocenters. The average molecular weight is 390 g/mol. The molecule has 1 saturated heterocycles. The van der Waals surface area contributed by atoms with E-state index in [2.05, 4.69) is 12.2 Å². The van der Waals surface area contributed by atoms with Crippen LogP contribution in [0.1, 0.15) is 47.7 Å². The van der Waals surface area contributed by atoms with Gasteiger partial charge in [0.2, 0.25) is 11.8 Å². The second-order valence-corrected chi connectivity index (χ2v) is 8.49. The summed E-state index contributed by atoms with van der Waals surface area (Å²) in [7, 11) is 0. The van der Waals surface area contributed by atoms with Gasteiger partial charge in [-0.15, -0.1) is 0 Å². The highest BCUT2D eigenvalue weighted by molar-refractivity contribution is 6.24. The van der Waals surface area contributed by atoms with Crippen LogP contribution in [0, 0.1) is 31.6 Å². The number of aryl methyl sites for hydroxylation is 2. The molecule has 1 aliphatic heterocycles. The van der Waals surface area contributed by atoms with Gasteiger partial charge in [-0.25, -0.2) is 4.90 Å². The minimum absolute atomic E-state index is 0.168. The van der Waals surface area contributed by atoms with E-state index < -0.39 is 0 Å². The number of rotatable bonds is 3. The number of para-hydroxylation sites is 1. The summed E-state index contributed by atoms with van der Waals surface area (Å²) in [6, 6.07) is 12.7. The van der Waals surface area contributed by atoms with Crippen molar-refractivity contribution in [1.82, 2.24) is 0 Å². The molecule has 0 aromatic heterocycles. The fraction of sp³-hybridized carbons (Fsp3) is 0.375. The van der Waals surface area contributed by atoms with Gasteiger partial charge in [0.15, 0.2) is 0 Å². The summed E-state index contributed by atoms with van der Waals surface area (Å²) in [5.74, 6) is -0.738. The van der Waals surface area contributed by atoms with E-state index in [9.17, 15) is 14.4 Å². The topological polar surface area (TPSA) is 66.5 Å². The number of anilines is 2. The monoisotopic (exact) mass is 390 g/mol. The summed E-state index contributed by atoms with van der Waals surface area (Å²) in [4.78, 5) is 40.4. The number of hydrogen-bond donors (Lipinski definition) is 1. The average Bonchev–Trinajstić information content (AvgIpc) is 2.91. The molecule has 2 aliphatic rings. The molecule has 1 heterocycles. The smallest absolute Gasteiger partial charge is 0.257 e. The van der Waals surface area contributed by atoms with E-state index in [1.807, 2.05) is 32.0 Å². The van der Waals surface area contributed by atoms with Gasteiger partial charge in [0.25, 0.3) is 5.91 Å². The van der Waals surface area contributed by atoms with Crippen LogP contribution < -0.4 is 10.2 Å². The first-order valence-electron chi connectivity index (χ1n) is 10.2. The van der Waals surface area contributed by atoms with Gasteiger partial charge >= 0.3 is 0 Å². The number of hydrogen-bond acceptors (Lipinski definition) is 3. The Morgan fingerprint density at radius 2 is 1.62 bits per heavy atom. The van der Waals surface area contributed by atoms with Crippen LogP contribution in [0.4, 0.5) is 11.4 Å².